The van der Waals surface area contributed by atoms with Crippen LogP contribution in [-0.2, 0) is 4.79 Å². The number of piperazine rings is 1. The van der Waals surface area contributed by atoms with Gasteiger partial charge in [0.2, 0.25) is 5.91 Å². The minimum Gasteiger partial charge on any atom is -0.453 e. The van der Waals surface area contributed by atoms with Crippen LogP contribution in [-0.4, -0.2) is 43.0 Å². The van der Waals surface area contributed by atoms with Crippen LogP contribution in [0.15, 0.2) is 21.2 Å². The Morgan fingerprint density at radius 1 is 1.68 bits per heavy atom. The maximum Gasteiger partial charge on any atom is 0.238 e. The van der Waals surface area contributed by atoms with E-state index in [2.05, 4.69) is 38.4 Å². The van der Waals surface area contributed by atoms with Crippen molar-refractivity contribution >= 4 is 21.8 Å². The summed E-state index contributed by atoms with van der Waals surface area (Å²) in [5.41, 5.74) is 0. The van der Waals surface area contributed by atoms with Gasteiger partial charge in [-0.3, -0.25) is 9.69 Å². The van der Waals surface area contributed by atoms with Gasteiger partial charge in [0.1, 0.15) is 11.8 Å². The van der Waals surface area contributed by atoms with E-state index in [0.29, 0.717) is 13.1 Å². The van der Waals surface area contributed by atoms with Crippen LogP contribution in [0.2, 0.25) is 0 Å². The first-order valence-corrected chi connectivity index (χ1v) is 7.42. The highest BCUT2D eigenvalue weighted by Crippen LogP contribution is 2.27. The van der Waals surface area contributed by atoms with Crippen LogP contribution in [0.3, 0.4) is 0 Å². The number of nitrogens with one attached hydrogen (secondary N) is 2. The molecule has 1 amide bonds. The number of likely N-dealkylation sites (N-methyl/N-ethyl adjacent to an activating group) is 1. The summed E-state index contributed by atoms with van der Waals surface area (Å²) < 4.78 is 6.33. The van der Waals surface area contributed by atoms with Gasteiger partial charge >= 0.3 is 0 Å². The van der Waals surface area contributed by atoms with Gasteiger partial charge in [-0.05, 0) is 41.9 Å². The molecule has 0 aromatic carbocycles. The van der Waals surface area contributed by atoms with Gasteiger partial charge in [-0.2, -0.15) is 0 Å². The quantitative estimate of drug-likeness (QED) is 0.879. The highest BCUT2D eigenvalue weighted by molar-refractivity contribution is 9.10. The Bertz CT molecular complexity index is 435. The lowest BCUT2D eigenvalue weighted by Crippen LogP contribution is -2.58. The van der Waals surface area contributed by atoms with Crippen molar-refractivity contribution in [2.45, 2.75) is 25.9 Å². The molecule has 0 saturated carbocycles. The van der Waals surface area contributed by atoms with Crippen molar-refractivity contribution < 1.29 is 9.21 Å². The third-order valence-corrected chi connectivity index (χ3v) is 3.87. The SMILES string of the molecule is CCNC(=O)C1CNCCN1C(C)c1ccc(Br)o1. The molecule has 1 saturated heterocycles. The van der Waals surface area contributed by atoms with E-state index in [1.165, 1.54) is 0 Å². The molecule has 106 valence electrons. The third kappa shape index (κ3) is 3.38. The van der Waals surface area contributed by atoms with Gasteiger partial charge in [0.05, 0.1) is 6.04 Å². The van der Waals surface area contributed by atoms with E-state index in [9.17, 15) is 4.79 Å². The fourth-order valence-electron chi connectivity index (χ4n) is 2.44. The minimum absolute atomic E-state index is 0.0761. The summed E-state index contributed by atoms with van der Waals surface area (Å²) in [5, 5.41) is 6.17. The molecule has 1 fully saturated rings. The molecule has 2 rings (SSSR count). The number of amides is 1. The number of rotatable bonds is 4. The van der Waals surface area contributed by atoms with Crippen molar-refractivity contribution in [2.24, 2.45) is 0 Å². The van der Waals surface area contributed by atoms with E-state index < -0.39 is 0 Å². The largest absolute Gasteiger partial charge is 0.453 e. The summed E-state index contributed by atoms with van der Waals surface area (Å²) in [7, 11) is 0. The first-order chi connectivity index (χ1) is 9.13. The van der Waals surface area contributed by atoms with Crippen molar-refractivity contribution in [1.29, 1.82) is 0 Å². The zero-order chi connectivity index (χ0) is 13.8. The lowest BCUT2D eigenvalue weighted by molar-refractivity contribution is -0.128. The predicted octanol–water partition coefficient (Wildman–Crippen LogP) is 1.51. The van der Waals surface area contributed by atoms with Crippen molar-refractivity contribution in [3.8, 4) is 0 Å². The standard InChI is InChI=1S/C13H20BrN3O2/c1-3-16-13(18)10-8-15-6-7-17(10)9(2)11-4-5-12(14)19-11/h4-5,9-10,15H,3,6-8H2,1-2H3,(H,16,18). The highest BCUT2D eigenvalue weighted by Gasteiger charge is 2.33. The van der Waals surface area contributed by atoms with Gasteiger partial charge in [-0.1, -0.05) is 0 Å². The normalized spacial score (nSPS) is 22.2. The van der Waals surface area contributed by atoms with Gasteiger partial charge in [0.25, 0.3) is 0 Å². The van der Waals surface area contributed by atoms with Gasteiger partial charge in [0, 0.05) is 26.2 Å². The topological polar surface area (TPSA) is 57.5 Å². The van der Waals surface area contributed by atoms with Gasteiger partial charge < -0.3 is 15.1 Å². The third-order valence-electron chi connectivity index (χ3n) is 3.44. The second kappa shape index (κ2) is 6.54. The van der Waals surface area contributed by atoms with Crippen LogP contribution in [0.1, 0.15) is 25.6 Å². The minimum atomic E-state index is -0.146. The van der Waals surface area contributed by atoms with Crippen LogP contribution < -0.4 is 10.6 Å². The summed E-state index contributed by atoms with van der Waals surface area (Å²) in [6.07, 6.45) is 0. The van der Waals surface area contributed by atoms with Crippen molar-refractivity contribution in [2.75, 3.05) is 26.2 Å². The number of carbonyl (C=O) groups excluding carboxylic acids is 1. The molecular formula is C13H20BrN3O2. The summed E-state index contributed by atoms with van der Waals surface area (Å²) >= 11 is 3.32. The Balaban J connectivity index is 2.12. The molecule has 1 aromatic rings. The molecule has 2 heterocycles. The van der Waals surface area contributed by atoms with E-state index in [-0.39, 0.29) is 18.0 Å². The molecule has 6 heteroatoms. The molecule has 0 spiro atoms. The van der Waals surface area contributed by atoms with Gasteiger partial charge in [0.15, 0.2) is 4.67 Å². The first kappa shape index (κ1) is 14.6. The smallest absolute Gasteiger partial charge is 0.238 e. The number of hydrogen-bond donors (Lipinski definition) is 2. The van der Waals surface area contributed by atoms with Gasteiger partial charge in [-0.15, -0.1) is 0 Å². The zero-order valence-electron chi connectivity index (χ0n) is 11.3. The molecule has 2 unspecified atom stereocenters. The molecule has 1 aromatic heterocycles. The lowest BCUT2D eigenvalue weighted by Gasteiger charge is -2.38. The van der Waals surface area contributed by atoms with Crippen LogP contribution in [0.4, 0.5) is 0 Å². The highest BCUT2D eigenvalue weighted by atomic mass is 79.9. The predicted molar refractivity (Wildman–Crippen MR) is 76.9 cm³/mol. The monoisotopic (exact) mass is 329 g/mol. The molecule has 0 aliphatic carbocycles. The summed E-state index contributed by atoms with van der Waals surface area (Å²) in [4.78, 5) is 14.3. The molecule has 1 aliphatic heterocycles. The van der Waals surface area contributed by atoms with Crippen molar-refractivity contribution in [3.05, 3.63) is 22.6 Å². The van der Waals surface area contributed by atoms with E-state index in [1.54, 1.807) is 0 Å². The molecular weight excluding hydrogens is 310 g/mol. The molecule has 2 N–H and O–H groups in total. The zero-order valence-corrected chi connectivity index (χ0v) is 12.9. The molecule has 1 aliphatic rings. The molecule has 19 heavy (non-hydrogen) atoms. The van der Waals surface area contributed by atoms with Crippen LogP contribution in [0.5, 0.6) is 0 Å². The average molecular weight is 330 g/mol. The van der Waals surface area contributed by atoms with E-state index in [1.807, 2.05) is 19.1 Å². The fourth-order valence-corrected chi connectivity index (χ4v) is 2.75. The molecule has 0 radical (unpaired) electrons. The number of furan rings is 1. The maximum atomic E-state index is 12.1. The Morgan fingerprint density at radius 3 is 3.11 bits per heavy atom. The lowest BCUT2D eigenvalue weighted by atomic mass is 10.1. The summed E-state index contributed by atoms with van der Waals surface area (Å²) in [6.45, 7) is 7.07. The summed E-state index contributed by atoms with van der Waals surface area (Å²) in [6, 6.07) is 3.77. The molecule has 2 atom stereocenters. The second-order valence-electron chi connectivity index (χ2n) is 4.67. The Hall–Kier alpha value is -0.850. The van der Waals surface area contributed by atoms with Crippen molar-refractivity contribution in [3.63, 3.8) is 0 Å². The van der Waals surface area contributed by atoms with Crippen LogP contribution >= 0.6 is 15.9 Å². The molecule has 5 nitrogen and oxygen atoms in total. The van der Waals surface area contributed by atoms with E-state index in [4.69, 9.17) is 4.42 Å². The molecule has 0 bridgehead atoms. The van der Waals surface area contributed by atoms with E-state index in [0.717, 1.165) is 23.5 Å². The van der Waals surface area contributed by atoms with Crippen LogP contribution in [0, 0.1) is 0 Å². The Kier molecular flexibility index (Phi) is 5.01. The van der Waals surface area contributed by atoms with Crippen LogP contribution in [0.25, 0.3) is 0 Å². The fraction of sp³-hybridized carbons (Fsp3) is 0.615. The Morgan fingerprint density at radius 2 is 2.47 bits per heavy atom. The van der Waals surface area contributed by atoms with Gasteiger partial charge in [-0.25, -0.2) is 0 Å². The Labute approximate surface area is 121 Å². The second-order valence-corrected chi connectivity index (χ2v) is 5.45. The number of hydrogen-bond acceptors (Lipinski definition) is 4. The number of nitrogens with zero attached hydrogens (tertiary/aromatic N) is 1. The number of carbonyl (C=O) groups is 1. The first-order valence-electron chi connectivity index (χ1n) is 6.63. The summed E-state index contributed by atoms with van der Waals surface area (Å²) in [5.74, 6) is 0.954. The number of halogens is 1. The maximum absolute atomic E-state index is 12.1. The van der Waals surface area contributed by atoms with E-state index >= 15 is 0 Å². The van der Waals surface area contributed by atoms with Crippen molar-refractivity contribution in [1.82, 2.24) is 15.5 Å². The average Bonchev–Trinajstić information content (AvgIpc) is 2.85.